The van der Waals surface area contributed by atoms with Crippen molar-refractivity contribution in [3.05, 3.63) is 18.5 Å². The van der Waals surface area contributed by atoms with Gasteiger partial charge in [0, 0.05) is 6.54 Å². The molecule has 3 heterocycles. The van der Waals surface area contributed by atoms with Crippen LogP contribution in [0.5, 0.6) is 0 Å². The van der Waals surface area contributed by atoms with Crippen LogP contribution in [-0.4, -0.2) is 51.4 Å². The first kappa shape index (κ1) is 13.4. The van der Waals surface area contributed by atoms with Crippen molar-refractivity contribution < 1.29 is 0 Å². The summed E-state index contributed by atoms with van der Waals surface area (Å²) in [4.78, 5) is 21.0. The molecule has 3 rings (SSSR count). The molecule has 0 saturated carbocycles. The molecular formula is C10H12N10S. The van der Waals surface area contributed by atoms with Crippen LogP contribution in [-0.2, 0) is 0 Å². The largest absolute Gasteiger partial charge is 0.354 e. The standard InChI is InChI=1S/C10H12N10S/c1-3-12-7-15-8(20-5-11-4-13-20)17-9(16-7)21-10-14-6(2)18-19-10/h4-5H,3H2,1-2H3,(H,14,18,19)(H,12,15,16,17). The Morgan fingerprint density at radius 3 is 2.81 bits per heavy atom. The van der Waals surface area contributed by atoms with Crippen molar-refractivity contribution in [1.82, 2.24) is 44.9 Å². The molecule has 0 radical (unpaired) electrons. The highest BCUT2D eigenvalue weighted by molar-refractivity contribution is 7.99. The molecule has 0 saturated heterocycles. The summed E-state index contributed by atoms with van der Waals surface area (Å²) in [6, 6.07) is 0. The lowest BCUT2D eigenvalue weighted by atomic mass is 10.7. The van der Waals surface area contributed by atoms with Gasteiger partial charge >= 0.3 is 0 Å². The van der Waals surface area contributed by atoms with Crippen molar-refractivity contribution in [2.45, 2.75) is 24.2 Å². The average Bonchev–Trinajstić information content (AvgIpc) is 3.11. The zero-order valence-corrected chi connectivity index (χ0v) is 12.2. The lowest BCUT2D eigenvalue weighted by molar-refractivity contribution is 0.757. The average molecular weight is 304 g/mol. The van der Waals surface area contributed by atoms with Crippen LogP contribution in [0.1, 0.15) is 12.7 Å². The Morgan fingerprint density at radius 2 is 2.14 bits per heavy atom. The van der Waals surface area contributed by atoms with E-state index in [9.17, 15) is 0 Å². The van der Waals surface area contributed by atoms with E-state index in [1.807, 2.05) is 13.8 Å². The molecule has 21 heavy (non-hydrogen) atoms. The molecule has 3 aromatic heterocycles. The Bertz CT molecular complexity index is 721. The summed E-state index contributed by atoms with van der Waals surface area (Å²) in [5.74, 6) is 1.58. The lowest BCUT2D eigenvalue weighted by Gasteiger charge is -2.05. The van der Waals surface area contributed by atoms with Gasteiger partial charge in [-0.1, -0.05) is 0 Å². The molecule has 0 aliphatic rings. The second kappa shape index (κ2) is 5.83. The highest BCUT2D eigenvalue weighted by Gasteiger charge is 2.12. The molecule has 0 fully saturated rings. The number of aromatic nitrogens is 9. The van der Waals surface area contributed by atoms with Crippen LogP contribution in [0, 0.1) is 6.92 Å². The van der Waals surface area contributed by atoms with E-state index >= 15 is 0 Å². The van der Waals surface area contributed by atoms with E-state index in [4.69, 9.17) is 0 Å². The summed E-state index contributed by atoms with van der Waals surface area (Å²) in [5.41, 5.74) is 0. The number of nitrogens with one attached hydrogen (secondary N) is 2. The van der Waals surface area contributed by atoms with E-state index in [1.54, 1.807) is 0 Å². The van der Waals surface area contributed by atoms with Crippen LogP contribution in [0.2, 0.25) is 0 Å². The maximum Gasteiger partial charge on any atom is 0.257 e. The summed E-state index contributed by atoms with van der Waals surface area (Å²) in [7, 11) is 0. The van der Waals surface area contributed by atoms with Gasteiger partial charge in [0.2, 0.25) is 16.3 Å². The van der Waals surface area contributed by atoms with Gasteiger partial charge in [0.05, 0.1) is 0 Å². The Morgan fingerprint density at radius 1 is 1.24 bits per heavy atom. The van der Waals surface area contributed by atoms with Crippen LogP contribution >= 0.6 is 11.8 Å². The van der Waals surface area contributed by atoms with Crippen LogP contribution < -0.4 is 5.32 Å². The fraction of sp³-hybridized carbons (Fsp3) is 0.300. The van der Waals surface area contributed by atoms with E-state index in [-0.39, 0.29) is 0 Å². The van der Waals surface area contributed by atoms with Crippen molar-refractivity contribution in [2.75, 3.05) is 11.9 Å². The Hall–Kier alpha value is -2.56. The smallest absolute Gasteiger partial charge is 0.257 e. The molecule has 10 nitrogen and oxygen atoms in total. The zero-order chi connectivity index (χ0) is 14.7. The fourth-order valence-corrected chi connectivity index (χ4v) is 2.19. The zero-order valence-electron chi connectivity index (χ0n) is 11.3. The molecule has 0 bridgehead atoms. The number of hydrogen-bond acceptors (Lipinski definition) is 9. The Kier molecular flexibility index (Phi) is 3.73. The van der Waals surface area contributed by atoms with Crippen LogP contribution in [0.15, 0.2) is 23.0 Å². The van der Waals surface area contributed by atoms with E-state index in [1.165, 1.54) is 29.1 Å². The van der Waals surface area contributed by atoms with E-state index < -0.39 is 0 Å². The van der Waals surface area contributed by atoms with Gasteiger partial charge in [0.15, 0.2) is 0 Å². The highest BCUT2D eigenvalue weighted by atomic mass is 32.2. The first-order valence-corrected chi connectivity index (χ1v) is 6.98. The first-order valence-electron chi connectivity index (χ1n) is 6.16. The maximum atomic E-state index is 4.33. The third-order valence-corrected chi connectivity index (χ3v) is 3.05. The van der Waals surface area contributed by atoms with E-state index in [0.717, 1.165) is 5.82 Å². The van der Waals surface area contributed by atoms with Gasteiger partial charge in [-0.3, -0.25) is 5.10 Å². The number of aromatic amines is 1. The third-order valence-electron chi connectivity index (χ3n) is 2.32. The van der Waals surface area contributed by atoms with Crippen molar-refractivity contribution in [1.29, 1.82) is 0 Å². The Labute approximate surface area is 123 Å². The molecule has 0 aliphatic heterocycles. The number of hydrogen-bond donors (Lipinski definition) is 2. The number of nitrogens with zero attached hydrogens (tertiary/aromatic N) is 8. The molecule has 0 spiro atoms. The van der Waals surface area contributed by atoms with Crippen LogP contribution in [0.3, 0.4) is 0 Å². The summed E-state index contributed by atoms with van der Waals surface area (Å²) in [6.45, 7) is 4.49. The third kappa shape index (κ3) is 3.13. The van der Waals surface area contributed by atoms with Gasteiger partial charge < -0.3 is 5.32 Å². The van der Waals surface area contributed by atoms with Crippen molar-refractivity contribution >= 4 is 17.7 Å². The fourth-order valence-electron chi connectivity index (χ4n) is 1.49. The Balaban J connectivity index is 1.95. The van der Waals surface area contributed by atoms with Gasteiger partial charge in [-0.15, -0.1) is 5.10 Å². The van der Waals surface area contributed by atoms with Crippen LogP contribution in [0.4, 0.5) is 5.95 Å². The van der Waals surface area contributed by atoms with Gasteiger partial charge in [-0.05, 0) is 25.6 Å². The lowest BCUT2D eigenvalue weighted by Crippen LogP contribution is -2.09. The molecule has 0 aromatic carbocycles. The molecule has 3 aromatic rings. The van der Waals surface area contributed by atoms with Gasteiger partial charge in [-0.2, -0.15) is 24.7 Å². The van der Waals surface area contributed by atoms with Crippen LogP contribution in [0.25, 0.3) is 5.95 Å². The normalized spacial score (nSPS) is 10.8. The van der Waals surface area contributed by atoms with E-state index in [0.29, 0.717) is 28.8 Å². The van der Waals surface area contributed by atoms with Gasteiger partial charge in [0.1, 0.15) is 18.5 Å². The molecule has 0 unspecified atom stereocenters. The number of rotatable bonds is 5. The molecule has 11 heteroatoms. The highest BCUT2D eigenvalue weighted by Crippen LogP contribution is 2.22. The molecule has 0 aliphatic carbocycles. The monoisotopic (exact) mass is 304 g/mol. The summed E-state index contributed by atoms with van der Waals surface area (Å²) in [5, 5.41) is 14.9. The summed E-state index contributed by atoms with van der Waals surface area (Å²) >= 11 is 1.24. The van der Waals surface area contributed by atoms with Crippen molar-refractivity contribution in [3.63, 3.8) is 0 Å². The van der Waals surface area contributed by atoms with Gasteiger partial charge in [-0.25, -0.2) is 9.97 Å². The predicted octanol–water partition coefficient (Wildman–Crippen LogP) is 0.462. The minimum atomic E-state index is 0.383. The molecule has 0 atom stereocenters. The SMILES string of the molecule is CCNc1nc(Sc2n[nH]c(C)n2)nc(-n2cncn2)n1. The number of H-pyrrole nitrogens is 1. The minimum Gasteiger partial charge on any atom is -0.354 e. The molecule has 108 valence electrons. The quantitative estimate of drug-likeness (QED) is 0.691. The maximum absolute atomic E-state index is 4.33. The number of aryl methyl sites for hydroxylation is 1. The van der Waals surface area contributed by atoms with Crippen molar-refractivity contribution in [2.24, 2.45) is 0 Å². The van der Waals surface area contributed by atoms with Crippen molar-refractivity contribution in [3.8, 4) is 5.95 Å². The molecular weight excluding hydrogens is 292 g/mol. The number of anilines is 1. The molecule has 2 N–H and O–H groups in total. The predicted molar refractivity (Wildman–Crippen MR) is 74.2 cm³/mol. The first-order chi connectivity index (χ1) is 10.2. The minimum absolute atomic E-state index is 0.383. The van der Waals surface area contributed by atoms with Gasteiger partial charge in [0.25, 0.3) is 5.95 Å². The second-order valence-electron chi connectivity index (χ2n) is 3.92. The van der Waals surface area contributed by atoms with E-state index in [2.05, 4.69) is 45.5 Å². The topological polar surface area (TPSA) is 123 Å². The summed E-state index contributed by atoms with van der Waals surface area (Å²) in [6.07, 6.45) is 2.94. The summed E-state index contributed by atoms with van der Waals surface area (Å²) < 4.78 is 1.47. The second-order valence-corrected chi connectivity index (χ2v) is 4.85. The molecule has 0 amide bonds.